The highest BCUT2D eigenvalue weighted by atomic mass is 35.5. The molecule has 0 fully saturated rings. The van der Waals surface area contributed by atoms with Crippen LogP contribution in [0, 0.1) is 13.8 Å². The number of rotatable bonds is 8. The third-order valence-electron chi connectivity index (χ3n) is 4.37. The molecule has 0 amide bonds. The Morgan fingerprint density at radius 3 is 2.59 bits per heavy atom. The van der Waals surface area contributed by atoms with Gasteiger partial charge in [0.05, 0.1) is 17.8 Å². The van der Waals surface area contributed by atoms with Crippen LogP contribution in [0.15, 0.2) is 47.1 Å². The molecule has 0 spiro atoms. The van der Waals surface area contributed by atoms with Crippen molar-refractivity contribution in [2.75, 3.05) is 13.2 Å². The second kappa shape index (κ2) is 9.20. The molecule has 0 N–H and O–H groups in total. The fourth-order valence-electron chi connectivity index (χ4n) is 2.88. The molecule has 152 valence electrons. The van der Waals surface area contributed by atoms with Crippen LogP contribution in [0.1, 0.15) is 27.5 Å². The summed E-state index contributed by atoms with van der Waals surface area (Å²) >= 11 is 11.8. The number of hydrogen-bond acceptors (Lipinski definition) is 5. The van der Waals surface area contributed by atoms with Gasteiger partial charge in [-0.25, -0.2) is 4.79 Å². The number of aromatic nitrogens is 1. The zero-order chi connectivity index (χ0) is 21.0. The average molecular weight is 436 g/mol. The first kappa shape index (κ1) is 21.0. The Bertz CT molecular complexity index is 1020. The molecule has 0 bridgehead atoms. The number of ketones is 1. The Kier molecular flexibility index (Phi) is 6.67. The van der Waals surface area contributed by atoms with Gasteiger partial charge in [-0.15, -0.1) is 0 Å². The van der Waals surface area contributed by atoms with Gasteiger partial charge >= 0.3 is 5.97 Å². The first-order chi connectivity index (χ1) is 13.8. The fourth-order valence-corrected chi connectivity index (χ4v) is 3.34. The monoisotopic (exact) mass is 435 g/mol. The average Bonchev–Trinajstić information content (AvgIpc) is 3.29. The molecule has 2 heterocycles. The molecular weight excluding hydrogens is 417 g/mol. The Balaban J connectivity index is 1.55. The van der Waals surface area contributed by atoms with Gasteiger partial charge in [0.15, 0.2) is 13.2 Å². The Labute approximate surface area is 177 Å². The molecule has 0 radical (unpaired) electrons. The highest BCUT2D eigenvalue weighted by molar-refractivity contribution is 6.35. The lowest BCUT2D eigenvalue weighted by Crippen LogP contribution is -2.20. The minimum Gasteiger partial charge on any atom is -0.480 e. The van der Waals surface area contributed by atoms with E-state index in [-0.39, 0.29) is 24.0 Å². The predicted octanol–water partition coefficient (Wildman–Crippen LogP) is 4.86. The van der Waals surface area contributed by atoms with Crippen molar-refractivity contribution in [2.45, 2.75) is 20.4 Å². The number of hydrogen-bond donors (Lipinski definition) is 0. The highest BCUT2D eigenvalue weighted by Gasteiger charge is 2.18. The van der Waals surface area contributed by atoms with Crippen molar-refractivity contribution in [1.29, 1.82) is 0 Å². The molecule has 0 aliphatic rings. The van der Waals surface area contributed by atoms with Gasteiger partial charge in [-0.1, -0.05) is 23.2 Å². The molecule has 8 heteroatoms. The number of furan rings is 1. The molecule has 1 aromatic carbocycles. The van der Waals surface area contributed by atoms with Gasteiger partial charge in [0.25, 0.3) is 0 Å². The number of Topliss-reactive ketones (excluding diaryl/α,β-unsaturated/α-hetero) is 1. The lowest BCUT2D eigenvalue weighted by molar-refractivity contribution is -0.144. The summed E-state index contributed by atoms with van der Waals surface area (Å²) in [6, 6.07) is 10.1. The Hall–Kier alpha value is -2.70. The van der Waals surface area contributed by atoms with Crippen LogP contribution in [0.4, 0.5) is 0 Å². The maximum Gasteiger partial charge on any atom is 0.344 e. The Morgan fingerprint density at radius 1 is 1.10 bits per heavy atom. The molecule has 0 saturated heterocycles. The van der Waals surface area contributed by atoms with E-state index in [2.05, 4.69) is 0 Å². The summed E-state index contributed by atoms with van der Waals surface area (Å²) in [7, 11) is 0. The van der Waals surface area contributed by atoms with E-state index in [1.54, 1.807) is 24.5 Å². The summed E-state index contributed by atoms with van der Waals surface area (Å²) in [4.78, 5) is 24.4. The van der Waals surface area contributed by atoms with Crippen LogP contribution in [0.5, 0.6) is 5.75 Å². The van der Waals surface area contributed by atoms with Crippen LogP contribution in [0.3, 0.4) is 0 Å². The number of aryl methyl sites for hydroxylation is 1. The van der Waals surface area contributed by atoms with E-state index in [0.29, 0.717) is 22.9 Å². The number of nitrogens with zero attached hydrogens (tertiary/aromatic N) is 1. The van der Waals surface area contributed by atoms with Gasteiger partial charge in [-0.3, -0.25) is 4.79 Å². The molecule has 0 unspecified atom stereocenters. The van der Waals surface area contributed by atoms with Crippen LogP contribution >= 0.6 is 23.2 Å². The maximum absolute atomic E-state index is 12.5. The van der Waals surface area contributed by atoms with E-state index in [4.69, 9.17) is 37.1 Å². The number of benzene rings is 1. The standard InChI is InChI=1S/C21H19Cl2NO5/c1-13-8-17(14(2)24(13)10-16-4-3-7-27-16)19(25)11-29-21(26)12-28-20-6-5-15(22)9-18(20)23/h3-9H,10-12H2,1-2H3. The topological polar surface area (TPSA) is 70.7 Å². The van der Waals surface area contributed by atoms with Crippen molar-refractivity contribution in [3.05, 3.63) is 75.4 Å². The van der Waals surface area contributed by atoms with Gasteiger partial charge in [0.1, 0.15) is 11.5 Å². The van der Waals surface area contributed by atoms with Crippen molar-refractivity contribution in [1.82, 2.24) is 4.57 Å². The largest absolute Gasteiger partial charge is 0.480 e. The highest BCUT2D eigenvalue weighted by Crippen LogP contribution is 2.27. The normalized spacial score (nSPS) is 10.8. The third kappa shape index (κ3) is 5.22. The van der Waals surface area contributed by atoms with Crippen molar-refractivity contribution >= 4 is 35.0 Å². The first-order valence-electron chi connectivity index (χ1n) is 8.81. The summed E-state index contributed by atoms with van der Waals surface area (Å²) in [5, 5.41) is 0.741. The molecule has 0 aliphatic heterocycles. The summed E-state index contributed by atoms with van der Waals surface area (Å²) < 4.78 is 17.7. The third-order valence-corrected chi connectivity index (χ3v) is 4.90. The molecule has 0 saturated carbocycles. The van der Waals surface area contributed by atoms with E-state index in [1.807, 2.05) is 30.5 Å². The van der Waals surface area contributed by atoms with E-state index < -0.39 is 5.97 Å². The van der Waals surface area contributed by atoms with Crippen LogP contribution in [-0.4, -0.2) is 29.5 Å². The number of carbonyl (C=O) groups is 2. The summed E-state index contributed by atoms with van der Waals surface area (Å²) in [6.45, 7) is 3.53. The first-order valence-corrected chi connectivity index (χ1v) is 9.56. The van der Waals surface area contributed by atoms with Crippen molar-refractivity contribution < 1.29 is 23.5 Å². The van der Waals surface area contributed by atoms with Crippen molar-refractivity contribution in [3.8, 4) is 5.75 Å². The Morgan fingerprint density at radius 2 is 1.90 bits per heavy atom. The van der Waals surface area contributed by atoms with Crippen molar-refractivity contribution in [2.24, 2.45) is 0 Å². The van der Waals surface area contributed by atoms with Crippen LogP contribution in [-0.2, 0) is 16.1 Å². The van der Waals surface area contributed by atoms with Crippen LogP contribution in [0.25, 0.3) is 0 Å². The van der Waals surface area contributed by atoms with E-state index >= 15 is 0 Å². The van der Waals surface area contributed by atoms with Crippen LogP contribution < -0.4 is 4.74 Å². The quantitative estimate of drug-likeness (QED) is 0.373. The summed E-state index contributed by atoms with van der Waals surface area (Å²) in [6.07, 6.45) is 1.61. The van der Waals surface area contributed by atoms with E-state index in [0.717, 1.165) is 17.1 Å². The molecule has 2 aromatic heterocycles. The maximum atomic E-state index is 12.5. The van der Waals surface area contributed by atoms with Gasteiger partial charge in [0.2, 0.25) is 5.78 Å². The van der Waals surface area contributed by atoms with Crippen molar-refractivity contribution in [3.63, 3.8) is 0 Å². The van der Waals surface area contributed by atoms with Gasteiger partial charge in [-0.2, -0.15) is 0 Å². The second-order valence-electron chi connectivity index (χ2n) is 6.40. The van der Waals surface area contributed by atoms with Gasteiger partial charge in [-0.05, 0) is 50.2 Å². The lowest BCUT2D eigenvalue weighted by atomic mass is 10.1. The summed E-state index contributed by atoms with van der Waals surface area (Å²) in [5.41, 5.74) is 2.20. The smallest absolute Gasteiger partial charge is 0.344 e. The van der Waals surface area contributed by atoms with E-state index in [9.17, 15) is 9.59 Å². The SMILES string of the molecule is Cc1cc(C(=O)COC(=O)COc2ccc(Cl)cc2Cl)c(C)n1Cc1ccco1. The van der Waals surface area contributed by atoms with Gasteiger partial charge in [0, 0.05) is 22.0 Å². The fraction of sp³-hybridized carbons (Fsp3) is 0.238. The molecule has 3 rings (SSSR count). The predicted molar refractivity (Wildman–Crippen MR) is 109 cm³/mol. The lowest BCUT2D eigenvalue weighted by Gasteiger charge is -2.09. The minimum atomic E-state index is -0.672. The molecule has 6 nitrogen and oxygen atoms in total. The zero-order valence-electron chi connectivity index (χ0n) is 15.9. The molecular formula is C21H19Cl2NO5. The zero-order valence-corrected chi connectivity index (χ0v) is 17.4. The van der Waals surface area contributed by atoms with Gasteiger partial charge < -0.3 is 18.5 Å². The molecule has 29 heavy (non-hydrogen) atoms. The second-order valence-corrected chi connectivity index (χ2v) is 7.24. The number of esters is 1. The number of ether oxygens (including phenoxy) is 2. The molecule has 0 aliphatic carbocycles. The van der Waals surface area contributed by atoms with E-state index in [1.165, 1.54) is 6.07 Å². The molecule has 3 aromatic rings. The minimum absolute atomic E-state index is 0.283. The van der Waals surface area contributed by atoms with Crippen LogP contribution in [0.2, 0.25) is 10.0 Å². The molecule has 0 atom stereocenters. The summed E-state index contributed by atoms with van der Waals surface area (Å²) in [5.74, 6) is 0.131. The number of halogens is 2. The number of carbonyl (C=O) groups excluding carboxylic acids is 2.